The van der Waals surface area contributed by atoms with Gasteiger partial charge in [-0.05, 0) is 86.0 Å². The van der Waals surface area contributed by atoms with Crippen molar-refractivity contribution in [3.63, 3.8) is 0 Å². The molecule has 3 heterocycles. The van der Waals surface area contributed by atoms with Gasteiger partial charge in [-0.25, -0.2) is 15.0 Å². The van der Waals surface area contributed by atoms with Crippen LogP contribution in [0.25, 0.3) is 117 Å². The Morgan fingerprint density at radius 3 is 1.75 bits per heavy atom. The molecule has 0 aliphatic heterocycles. The van der Waals surface area contributed by atoms with Crippen LogP contribution in [0, 0.1) is 0 Å². The number of furan rings is 2. The van der Waals surface area contributed by atoms with Crippen molar-refractivity contribution in [3.8, 4) is 67.5 Å². The highest BCUT2D eigenvalue weighted by Crippen LogP contribution is 2.51. The molecule has 308 valence electrons. The zero-order valence-electron chi connectivity index (χ0n) is 36.0. The summed E-state index contributed by atoms with van der Waals surface area (Å²) in [6.07, 6.45) is 3.95. The number of fused-ring (bicyclic) bond motifs is 7. The fourth-order valence-electron chi connectivity index (χ4n) is 10.0. The maximum Gasteiger partial charge on any atom is 0.167 e. The fraction of sp³-hybridized carbons (Fsp3) is 0.0500. The lowest BCUT2D eigenvalue weighted by molar-refractivity contribution is 0.656. The van der Waals surface area contributed by atoms with Gasteiger partial charge in [-0.15, -0.1) is 0 Å². The maximum absolute atomic E-state index is 6.55. The third kappa shape index (κ3) is 6.11. The van der Waals surface area contributed by atoms with Crippen LogP contribution in [0.4, 0.5) is 0 Å². The summed E-state index contributed by atoms with van der Waals surface area (Å²) in [5.74, 6) is 1.63. The van der Waals surface area contributed by atoms with Gasteiger partial charge in [0.25, 0.3) is 0 Å². The fourth-order valence-corrected chi connectivity index (χ4v) is 10.0. The lowest BCUT2D eigenvalue weighted by atomic mass is 9.77. The Bertz CT molecular complexity index is 3760. The molecule has 0 fully saturated rings. The lowest BCUT2D eigenvalue weighted by Crippen LogP contribution is -2.17. The van der Waals surface area contributed by atoms with Crippen molar-refractivity contribution in [2.45, 2.75) is 19.3 Å². The van der Waals surface area contributed by atoms with Gasteiger partial charge in [0.15, 0.2) is 17.5 Å². The highest BCUT2D eigenvalue weighted by Gasteiger charge is 2.37. The molecule has 1 aliphatic carbocycles. The number of benzene rings is 8. The molecule has 0 radical (unpaired) electrons. The van der Waals surface area contributed by atoms with Crippen LogP contribution >= 0.6 is 0 Å². The van der Waals surface area contributed by atoms with Crippen molar-refractivity contribution in [2.75, 3.05) is 0 Å². The summed E-state index contributed by atoms with van der Waals surface area (Å²) in [7, 11) is 0. The van der Waals surface area contributed by atoms with E-state index in [1.165, 1.54) is 27.8 Å². The van der Waals surface area contributed by atoms with Crippen LogP contribution in [0.15, 0.2) is 216 Å². The second kappa shape index (κ2) is 14.9. The van der Waals surface area contributed by atoms with Gasteiger partial charge in [0.2, 0.25) is 0 Å². The average Bonchev–Trinajstić information content (AvgIpc) is 4.00. The van der Waals surface area contributed by atoms with Crippen molar-refractivity contribution in [2.24, 2.45) is 0 Å². The van der Waals surface area contributed by atoms with Crippen molar-refractivity contribution >= 4 is 49.5 Å². The van der Waals surface area contributed by atoms with Gasteiger partial charge >= 0.3 is 0 Å². The van der Waals surface area contributed by atoms with Crippen LogP contribution in [0.5, 0.6) is 0 Å². The molecule has 1 aliphatic rings. The van der Waals surface area contributed by atoms with Crippen LogP contribution in [-0.4, -0.2) is 15.0 Å². The van der Waals surface area contributed by atoms with E-state index in [-0.39, 0.29) is 5.41 Å². The number of para-hydroxylation sites is 2. The van der Waals surface area contributed by atoms with Crippen molar-refractivity contribution in [1.29, 1.82) is 0 Å². The summed E-state index contributed by atoms with van der Waals surface area (Å²) < 4.78 is 13.1. The molecule has 0 saturated carbocycles. The Labute approximate surface area is 376 Å². The molecule has 5 nitrogen and oxygen atoms in total. The Balaban J connectivity index is 0.988. The molecule has 0 bridgehead atoms. The van der Waals surface area contributed by atoms with E-state index in [0.717, 1.165) is 88.4 Å². The standard InChI is InChI=1S/C60H41N3O2/c1-5-42-45-19-12-18-43(55(45)60(3,4)50(42)6-2)39-29-25-38(26-30-39)41-33-34-52-49(35-41)54-47(21-14-24-53(54)64-52)58-61-57(40-31-27-37(28-32-40)36-15-8-7-9-16-36)62-59(63-58)48-22-13-20-46-44-17-10-11-23-51(44)65-56(46)48/h5-35H,1-2H2,3-4H3. The smallest absolute Gasteiger partial charge is 0.167 e. The van der Waals surface area contributed by atoms with Crippen LogP contribution in [0.1, 0.15) is 25.0 Å². The second-order valence-corrected chi connectivity index (χ2v) is 17.2. The normalized spacial score (nSPS) is 13.3. The topological polar surface area (TPSA) is 65.0 Å². The summed E-state index contributed by atoms with van der Waals surface area (Å²) in [6, 6.07) is 61.0. The van der Waals surface area contributed by atoms with Gasteiger partial charge in [0.05, 0.1) is 5.56 Å². The molecular formula is C60H41N3O2. The Hall–Kier alpha value is -8.41. The zero-order valence-corrected chi connectivity index (χ0v) is 36.0. The minimum absolute atomic E-state index is 0.200. The molecule has 65 heavy (non-hydrogen) atoms. The predicted molar refractivity (Wildman–Crippen MR) is 267 cm³/mol. The minimum Gasteiger partial charge on any atom is -0.456 e. The molecule has 0 amide bonds. The summed E-state index contributed by atoms with van der Waals surface area (Å²) in [5.41, 5.74) is 17.1. The first-order chi connectivity index (χ1) is 31.9. The number of hydrogen-bond acceptors (Lipinski definition) is 5. The van der Waals surface area contributed by atoms with Gasteiger partial charge < -0.3 is 8.83 Å². The summed E-state index contributed by atoms with van der Waals surface area (Å²) in [5, 5.41) is 3.98. The average molecular weight is 836 g/mol. The van der Waals surface area contributed by atoms with Crippen molar-refractivity contribution in [1.82, 2.24) is 15.0 Å². The number of allylic oxidation sites excluding steroid dienone is 4. The van der Waals surface area contributed by atoms with Crippen LogP contribution in [-0.2, 0) is 5.41 Å². The molecule has 0 N–H and O–H groups in total. The second-order valence-electron chi connectivity index (χ2n) is 17.2. The van der Waals surface area contributed by atoms with Gasteiger partial charge in [0.1, 0.15) is 22.3 Å². The van der Waals surface area contributed by atoms with Gasteiger partial charge in [0, 0.05) is 38.1 Å². The van der Waals surface area contributed by atoms with E-state index in [2.05, 4.69) is 154 Å². The third-order valence-corrected chi connectivity index (χ3v) is 13.1. The summed E-state index contributed by atoms with van der Waals surface area (Å²) >= 11 is 0. The Kier molecular flexibility index (Phi) is 8.75. The highest BCUT2D eigenvalue weighted by atomic mass is 16.3. The predicted octanol–water partition coefficient (Wildman–Crippen LogP) is 16.1. The third-order valence-electron chi connectivity index (χ3n) is 13.1. The van der Waals surface area contributed by atoms with Crippen LogP contribution in [0.3, 0.4) is 0 Å². The van der Waals surface area contributed by atoms with Crippen LogP contribution < -0.4 is 0 Å². The van der Waals surface area contributed by atoms with E-state index in [0.29, 0.717) is 17.5 Å². The van der Waals surface area contributed by atoms with Crippen molar-refractivity contribution < 1.29 is 8.83 Å². The van der Waals surface area contributed by atoms with Gasteiger partial charge in [-0.3, -0.25) is 0 Å². The van der Waals surface area contributed by atoms with Gasteiger partial charge in [-0.2, -0.15) is 0 Å². The van der Waals surface area contributed by atoms with E-state index >= 15 is 0 Å². The molecule has 5 heteroatoms. The number of nitrogens with zero attached hydrogens (tertiary/aromatic N) is 3. The highest BCUT2D eigenvalue weighted by molar-refractivity contribution is 6.13. The Morgan fingerprint density at radius 2 is 0.969 bits per heavy atom. The van der Waals surface area contributed by atoms with Crippen molar-refractivity contribution in [3.05, 3.63) is 218 Å². The molecule has 0 unspecified atom stereocenters. The quantitative estimate of drug-likeness (QED) is 0.153. The SMILES string of the molecule is C=CC1=C(C=C)C(C)(C)c2c1cccc2-c1ccc(-c2ccc3oc4cccc(-c5nc(-c6ccc(-c7ccccc7)cc6)nc(-c6cccc7c6oc6ccccc67)n5)c4c3c2)cc1. The van der Waals surface area contributed by atoms with Crippen LogP contribution in [0.2, 0.25) is 0 Å². The molecule has 3 aromatic heterocycles. The zero-order chi connectivity index (χ0) is 43.8. The Morgan fingerprint density at radius 1 is 0.415 bits per heavy atom. The molecule has 0 atom stereocenters. The lowest BCUT2D eigenvalue weighted by Gasteiger charge is -2.25. The van der Waals surface area contributed by atoms with E-state index < -0.39 is 0 Å². The molecule has 8 aromatic carbocycles. The molecular weight excluding hydrogens is 795 g/mol. The first-order valence-electron chi connectivity index (χ1n) is 21.9. The monoisotopic (exact) mass is 835 g/mol. The van der Waals surface area contributed by atoms with Gasteiger partial charge in [-0.1, -0.05) is 185 Å². The first kappa shape index (κ1) is 38.3. The minimum atomic E-state index is -0.200. The maximum atomic E-state index is 6.55. The molecule has 0 spiro atoms. The van der Waals surface area contributed by atoms with E-state index in [4.69, 9.17) is 23.8 Å². The first-order valence-corrected chi connectivity index (χ1v) is 21.9. The number of aromatic nitrogens is 3. The molecule has 11 aromatic rings. The van der Waals surface area contributed by atoms with E-state index in [1.807, 2.05) is 60.7 Å². The summed E-state index contributed by atoms with van der Waals surface area (Å²) in [6.45, 7) is 12.9. The summed E-state index contributed by atoms with van der Waals surface area (Å²) in [4.78, 5) is 15.6. The van der Waals surface area contributed by atoms with E-state index in [9.17, 15) is 0 Å². The number of rotatable bonds is 8. The number of hydrogen-bond donors (Lipinski definition) is 0. The molecule has 12 rings (SSSR count). The largest absolute Gasteiger partial charge is 0.456 e. The molecule has 0 saturated heterocycles. The van der Waals surface area contributed by atoms with E-state index in [1.54, 1.807) is 0 Å².